The summed E-state index contributed by atoms with van der Waals surface area (Å²) in [5.41, 5.74) is 6.53. The fourth-order valence-corrected chi connectivity index (χ4v) is 8.58. The summed E-state index contributed by atoms with van der Waals surface area (Å²) >= 11 is 0. The highest BCUT2D eigenvalue weighted by Crippen LogP contribution is 2.51. The third-order valence-corrected chi connectivity index (χ3v) is 27.3. The van der Waals surface area contributed by atoms with Gasteiger partial charge in [0.2, 0.25) is 0 Å². The van der Waals surface area contributed by atoms with Crippen molar-refractivity contribution < 1.29 is 0 Å². The Morgan fingerprint density at radius 1 is 0.289 bits per heavy atom. The molecule has 2 aliphatic rings. The first kappa shape index (κ1) is 106. The Kier molecular flexibility index (Phi) is 49.6. The lowest BCUT2D eigenvalue weighted by molar-refractivity contribution is 0.00575. The molecule has 2 fully saturated rings. The second-order valence-electron chi connectivity index (χ2n) is 44.9. The van der Waals surface area contributed by atoms with Gasteiger partial charge in [0.25, 0.3) is 0 Å². The molecule has 2 saturated carbocycles. The molecule has 0 aromatic rings. The monoisotopic (exact) mass is 1280 g/mol. The Hall–Kier alpha value is 0. The van der Waals surface area contributed by atoms with Gasteiger partial charge in [-0.3, -0.25) is 0 Å². The summed E-state index contributed by atoms with van der Waals surface area (Å²) in [5.74, 6) is 7.82. The lowest BCUT2D eigenvalue weighted by Crippen LogP contribution is -2.41. The fraction of sp³-hybridized carbons (Fsp3) is 1.00. The van der Waals surface area contributed by atoms with Crippen LogP contribution < -0.4 is 0 Å². The first-order valence-corrected chi connectivity index (χ1v) is 38.6. The third-order valence-electron chi connectivity index (χ3n) is 27.3. The van der Waals surface area contributed by atoms with Gasteiger partial charge in [-0.1, -0.05) is 451 Å². The minimum atomic E-state index is 0.375. The van der Waals surface area contributed by atoms with E-state index in [1.54, 1.807) is 0 Å². The Morgan fingerprint density at radius 2 is 0.544 bits per heavy atom. The van der Waals surface area contributed by atoms with E-state index in [0.29, 0.717) is 81.2 Å². The third kappa shape index (κ3) is 47.8. The largest absolute Gasteiger partial charge is 0.0651 e. The van der Waals surface area contributed by atoms with Crippen LogP contribution in [0.4, 0.5) is 0 Å². The van der Waals surface area contributed by atoms with E-state index in [0.717, 1.165) is 53.3 Å². The molecule has 0 radical (unpaired) electrons. The molecule has 1 unspecified atom stereocenters. The van der Waals surface area contributed by atoms with Crippen molar-refractivity contribution >= 4 is 0 Å². The van der Waals surface area contributed by atoms with E-state index < -0.39 is 0 Å². The van der Waals surface area contributed by atoms with Gasteiger partial charge in [0.15, 0.2) is 0 Å². The molecule has 0 spiro atoms. The van der Waals surface area contributed by atoms with Gasteiger partial charge in [-0.2, -0.15) is 0 Å². The molecule has 2 aliphatic carbocycles. The summed E-state index contributed by atoms with van der Waals surface area (Å²) in [6, 6.07) is 0. The van der Waals surface area contributed by atoms with E-state index in [9.17, 15) is 0 Å². The minimum Gasteiger partial charge on any atom is -0.0651 e. The fourth-order valence-electron chi connectivity index (χ4n) is 8.58. The Balaban J connectivity index is -0.000000139. The Labute approximate surface area is 582 Å². The maximum absolute atomic E-state index is 2.38. The molecule has 0 aromatic carbocycles. The zero-order valence-corrected chi connectivity index (χ0v) is 75.5. The van der Waals surface area contributed by atoms with E-state index >= 15 is 0 Å². The molecule has 90 heavy (non-hydrogen) atoms. The van der Waals surface area contributed by atoms with Crippen LogP contribution in [0.3, 0.4) is 0 Å². The van der Waals surface area contributed by atoms with E-state index in [-0.39, 0.29) is 0 Å². The van der Waals surface area contributed by atoms with Gasteiger partial charge in [-0.15, -0.1) is 0 Å². The van der Waals surface area contributed by atoms with Crippen LogP contribution in [0, 0.1) is 134 Å². The summed E-state index contributed by atoms with van der Waals surface area (Å²) in [6.07, 6.45) is 16.1. The highest BCUT2D eigenvalue weighted by molar-refractivity contribution is 4.92. The van der Waals surface area contributed by atoms with Gasteiger partial charge >= 0.3 is 0 Å². The van der Waals surface area contributed by atoms with Gasteiger partial charge in [0, 0.05) is 0 Å². The van der Waals surface area contributed by atoms with Crippen LogP contribution in [-0.4, -0.2) is 0 Å². The predicted octanol–water partition coefficient (Wildman–Crippen LogP) is 33.6. The van der Waals surface area contributed by atoms with E-state index in [1.807, 2.05) is 0 Å². The molecule has 2 rings (SSSR count). The van der Waals surface area contributed by atoms with E-state index in [1.165, 1.54) is 70.6 Å². The number of rotatable bonds is 6. The van der Waals surface area contributed by atoms with Gasteiger partial charge in [-0.05, 0) is 134 Å². The molecule has 0 aromatic heterocycles. The predicted molar refractivity (Wildman–Crippen MR) is 431 cm³/mol. The summed E-state index contributed by atoms with van der Waals surface area (Å²) in [5, 5.41) is 0. The van der Waals surface area contributed by atoms with Crippen molar-refractivity contribution in [3.05, 3.63) is 0 Å². The molecule has 0 amide bonds. The lowest BCUT2D eigenvalue weighted by Gasteiger charge is -2.49. The molecule has 0 N–H and O–H groups in total. The van der Waals surface area contributed by atoms with Gasteiger partial charge in [0.05, 0.1) is 0 Å². The van der Waals surface area contributed by atoms with Crippen molar-refractivity contribution in [3.8, 4) is 0 Å². The van der Waals surface area contributed by atoms with Gasteiger partial charge in [-0.25, -0.2) is 0 Å². The summed E-state index contributed by atoms with van der Waals surface area (Å²) in [6.45, 7) is 127. The van der Waals surface area contributed by atoms with Crippen LogP contribution in [0.25, 0.3) is 0 Å². The topological polar surface area (TPSA) is 0 Å². The molecule has 0 nitrogen and oxygen atoms in total. The average molecular weight is 1280 g/mol. The van der Waals surface area contributed by atoms with Gasteiger partial charge in [0.1, 0.15) is 0 Å². The van der Waals surface area contributed by atoms with Crippen molar-refractivity contribution in [1.82, 2.24) is 0 Å². The summed E-state index contributed by atoms with van der Waals surface area (Å²) in [7, 11) is 0. The highest BCUT2D eigenvalue weighted by Gasteiger charge is 2.42. The Bertz CT molecular complexity index is 1550. The molecule has 0 aliphatic heterocycles. The van der Waals surface area contributed by atoms with Crippen LogP contribution >= 0.6 is 0 Å². The maximum atomic E-state index is 2.38. The molecule has 556 valence electrons. The second kappa shape index (κ2) is 42.1. The lowest BCUT2D eigenvalue weighted by atomic mass is 9.56. The van der Waals surface area contributed by atoms with Crippen molar-refractivity contribution in [2.75, 3.05) is 0 Å². The minimum absolute atomic E-state index is 0.375. The van der Waals surface area contributed by atoms with Crippen molar-refractivity contribution in [1.29, 1.82) is 0 Å². The van der Waals surface area contributed by atoms with Crippen molar-refractivity contribution in [2.45, 2.75) is 451 Å². The first-order valence-electron chi connectivity index (χ1n) is 38.6. The normalized spacial score (nSPS) is 17.6. The van der Waals surface area contributed by atoms with Crippen LogP contribution in [-0.2, 0) is 0 Å². The van der Waals surface area contributed by atoms with Crippen LogP contribution in [0.15, 0.2) is 0 Å². The molecule has 0 bridgehead atoms. The molecule has 0 heterocycles. The molecule has 0 saturated heterocycles. The van der Waals surface area contributed by atoms with E-state index in [2.05, 4.69) is 381 Å². The molecular formula is C90H196. The second-order valence-corrected chi connectivity index (χ2v) is 44.9. The maximum Gasteiger partial charge on any atom is -0.0257 e. The van der Waals surface area contributed by atoms with Gasteiger partial charge < -0.3 is 0 Å². The summed E-state index contributed by atoms with van der Waals surface area (Å²) in [4.78, 5) is 0. The quantitative estimate of drug-likeness (QED) is 0.249. The van der Waals surface area contributed by atoms with Crippen LogP contribution in [0.1, 0.15) is 451 Å². The molecule has 0 heteroatoms. The number of hydrogen-bond donors (Lipinski definition) is 0. The van der Waals surface area contributed by atoms with Crippen molar-refractivity contribution in [3.63, 3.8) is 0 Å². The smallest absolute Gasteiger partial charge is 0.0257 e. The SMILES string of the molecule is CC(C(C)(C)C)C(C)(C)C.CC(C)(C)C(C)(C)C.CC(C)(C)C(C)(C)C.CC(C)(C)C(C)(C)C(C)(C)C.CC(C)C(C)(C)C(C)(C)C.CC(C)C(C)(C)C(C)C.CC(C)[C@@H](C)C(C)(C)C.CC1CCCC[C@H]1C.CCC(C)(C)C(C)(C)C.CCC1CCCCC1. The highest BCUT2D eigenvalue weighted by atomic mass is 14.5. The van der Waals surface area contributed by atoms with Crippen LogP contribution in [0.2, 0.25) is 0 Å². The molecular weight excluding hydrogens is 1080 g/mol. The average Bonchev–Trinajstić information content (AvgIpc) is 1.89. The number of hydrogen-bond acceptors (Lipinski definition) is 0. The van der Waals surface area contributed by atoms with Crippen molar-refractivity contribution in [2.24, 2.45) is 134 Å². The first-order chi connectivity index (χ1) is 38.6. The zero-order valence-electron chi connectivity index (χ0n) is 75.5. The zero-order chi connectivity index (χ0) is 75.5. The Morgan fingerprint density at radius 3 is 0.600 bits per heavy atom. The summed E-state index contributed by atoms with van der Waals surface area (Å²) < 4.78 is 0. The van der Waals surface area contributed by atoms with Crippen LogP contribution in [0.5, 0.6) is 0 Å². The molecule has 3 atom stereocenters. The van der Waals surface area contributed by atoms with E-state index in [4.69, 9.17) is 0 Å². The standard InChI is InChI=1S/C11H24.2C10H22.3C9H20.2C8H16.2C8H18/c1-9(2,3)11(7,8)10(4,5)6;1-8(9(2,3)4)10(5,6)7;1-8(2)10(6,7)9(3,4)5;1-7-9(5,6)8(2,3)4;1-7(2)8(3)9(4,5)6;1-7(2)9(5,6)8(3)4;1-7-5-3-4-6-8(7)2;1-2-8-6-4-3-5-7-8;2*1-7(2,3)8(4,5)6/h1-8H3;2*8H,1-7H3;7H2,1-6H3;2*7-8H,1-6H3;7-8H,3-6H2,1-2H3;8H,2-7H2,1H3;2*1-6H3/t;;;;8-;;7-,8?;;;/m....1.1.../s1.